The Balaban J connectivity index is 2.42. The van der Waals surface area contributed by atoms with Gasteiger partial charge in [-0.15, -0.1) is 0 Å². The molecule has 0 bridgehead atoms. The molecule has 0 fully saturated rings. The zero-order chi connectivity index (χ0) is 12.8. The molecular weight excluding hydrogens is 214 g/mol. The van der Waals surface area contributed by atoms with Gasteiger partial charge in [-0.3, -0.25) is 9.48 Å². The van der Waals surface area contributed by atoms with Gasteiger partial charge in [0, 0.05) is 32.1 Å². The Hall–Kier alpha value is -1.16. The van der Waals surface area contributed by atoms with Crippen LogP contribution < -0.4 is 0 Å². The molecule has 0 aliphatic carbocycles. The van der Waals surface area contributed by atoms with E-state index in [0.717, 1.165) is 31.0 Å². The molecule has 0 aliphatic rings. The van der Waals surface area contributed by atoms with Crippen molar-refractivity contribution < 1.29 is 4.79 Å². The molecule has 96 valence electrons. The van der Waals surface area contributed by atoms with Gasteiger partial charge in [-0.2, -0.15) is 5.10 Å². The number of ketones is 1. The Morgan fingerprint density at radius 2 is 2.06 bits per heavy atom. The molecule has 0 spiro atoms. The highest BCUT2D eigenvalue weighted by Gasteiger charge is 2.09. The fourth-order valence-electron chi connectivity index (χ4n) is 1.94. The molecule has 0 atom stereocenters. The molecule has 1 aromatic rings. The SMILES string of the molecule is CCN(CC)CCC(=O)Cc1cc(C)nn1C. The van der Waals surface area contributed by atoms with Crippen LogP contribution in [0.3, 0.4) is 0 Å². The third-order valence-electron chi connectivity index (χ3n) is 3.08. The van der Waals surface area contributed by atoms with Crippen molar-refractivity contribution in [2.24, 2.45) is 7.05 Å². The summed E-state index contributed by atoms with van der Waals surface area (Å²) in [6.45, 7) is 9.08. The maximum Gasteiger partial charge on any atom is 0.140 e. The fraction of sp³-hybridized carbons (Fsp3) is 0.692. The van der Waals surface area contributed by atoms with Crippen LogP contribution in [0.1, 0.15) is 31.7 Å². The van der Waals surface area contributed by atoms with Crippen molar-refractivity contribution in [3.63, 3.8) is 0 Å². The van der Waals surface area contributed by atoms with Crippen molar-refractivity contribution in [1.82, 2.24) is 14.7 Å². The molecule has 0 aliphatic heterocycles. The second kappa shape index (κ2) is 6.55. The number of hydrogen-bond acceptors (Lipinski definition) is 3. The zero-order valence-corrected chi connectivity index (χ0v) is 11.4. The smallest absolute Gasteiger partial charge is 0.140 e. The molecule has 1 heterocycles. The van der Waals surface area contributed by atoms with Gasteiger partial charge in [-0.1, -0.05) is 13.8 Å². The van der Waals surface area contributed by atoms with Crippen LogP contribution in [0.4, 0.5) is 0 Å². The van der Waals surface area contributed by atoms with Gasteiger partial charge in [0.1, 0.15) is 5.78 Å². The van der Waals surface area contributed by atoms with Crippen molar-refractivity contribution >= 4 is 5.78 Å². The first-order valence-corrected chi connectivity index (χ1v) is 6.30. The predicted molar refractivity (Wildman–Crippen MR) is 69.1 cm³/mol. The predicted octanol–water partition coefficient (Wildman–Crippen LogP) is 1.57. The molecule has 0 radical (unpaired) electrons. The summed E-state index contributed by atoms with van der Waals surface area (Å²) in [5.41, 5.74) is 1.98. The minimum absolute atomic E-state index is 0.292. The van der Waals surface area contributed by atoms with E-state index in [9.17, 15) is 4.79 Å². The van der Waals surface area contributed by atoms with E-state index in [1.807, 2.05) is 20.0 Å². The Morgan fingerprint density at radius 3 is 2.53 bits per heavy atom. The maximum atomic E-state index is 11.8. The quantitative estimate of drug-likeness (QED) is 0.722. The van der Waals surface area contributed by atoms with Crippen molar-refractivity contribution in [2.45, 2.75) is 33.6 Å². The third-order valence-corrected chi connectivity index (χ3v) is 3.08. The largest absolute Gasteiger partial charge is 0.303 e. The number of carbonyl (C=O) groups is 1. The molecule has 4 heteroatoms. The van der Waals surface area contributed by atoms with Gasteiger partial charge in [0.15, 0.2) is 0 Å². The first kappa shape index (κ1) is 13.9. The molecule has 17 heavy (non-hydrogen) atoms. The lowest BCUT2D eigenvalue weighted by Crippen LogP contribution is -2.26. The number of aromatic nitrogens is 2. The van der Waals surface area contributed by atoms with Gasteiger partial charge >= 0.3 is 0 Å². The number of aryl methyl sites for hydroxylation is 2. The lowest BCUT2D eigenvalue weighted by atomic mass is 10.1. The van der Waals surface area contributed by atoms with Crippen molar-refractivity contribution in [1.29, 1.82) is 0 Å². The molecule has 1 aromatic heterocycles. The summed E-state index contributed by atoms with van der Waals surface area (Å²) in [6.07, 6.45) is 1.13. The maximum absolute atomic E-state index is 11.8. The van der Waals surface area contributed by atoms with Crippen LogP contribution in [-0.2, 0) is 18.3 Å². The van der Waals surface area contributed by atoms with Gasteiger partial charge in [-0.05, 0) is 26.1 Å². The summed E-state index contributed by atoms with van der Waals surface area (Å²) in [7, 11) is 1.89. The zero-order valence-electron chi connectivity index (χ0n) is 11.4. The molecule has 1 rings (SSSR count). The Kier molecular flexibility index (Phi) is 5.35. The number of rotatable bonds is 7. The minimum Gasteiger partial charge on any atom is -0.303 e. The van der Waals surface area contributed by atoms with Gasteiger partial charge in [0.05, 0.1) is 5.69 Å². The van der Waals surface area contributed by atoms with Crippen molar-refractivity contribution in [3.8, 4) is 0 Å². The summed E-state index contributed by atoms with van der Waals surface area (Å²) in [5.74, 6) is 0.292. The lowest BCUT2D eigenvalue weighted by molar-refractivity contribution is -0.118. The van der Waals surface area contributed by atoms with Crippen LogP contribution in [0.2, 0.25) is 0 Å². The Bertz CT molecular complexity index is 367. The fourth-order valence-corrected chi connectivity index (χ4v) is 1.94. The summed E-state index contributed by atoms with van der Waals surface area (Å²) in [4.78, 5) is 14.1. The summed E-state index contributed by atoms with van der Waals surface area (Å²) in [6, 6.07) is 1.98. The van der Waals surface area contributed by atoms with E-state index in [2.05, 4.69) is 23.8 Å². The summed E-state index contributed by atoms with van der Waals surface area (Å²) < 4.78 is 1.80. The van der Waals surface area contributed by atoms with Crippen LogP contribution in [0.25, 0.3) is 0 Å². The van der Waals surface area contributed by atoms with Crippen molar-refractivity contribution in [2.75, 3.05) is 19.6 Å². The van der Waals surface area contributed by atoms with Crippen LogP contribution >= 0.6 is 0 Å². The van der Waals surface area contributed by atoms with Gasteiger partial charge < -0.3 is 4.90 Å². The molecule has 0 aromatic carbocycles. The van der Waals surface area contributed by atoms with E-state index >= 15 is 0 Å². The molecule has 0 unspecified atom stereocenters. The topological polar surface area (TPSA) is 38.1 Å². The molecule has 0 saturated carbocycles. The number of Topliss-reactive ketones (excluding diaryl/α,β-unsaturated/α-hetero) is 1. The van der Waals surface area contributed by atoms with E-state index in [0.29, 0.717) is 18.6 Å². The average molecular weight is 237 g/mol. The third kappa shape index (κ3) is 4.30. The van der Waals surface area contributed by atoms with E-state index < -0.39 is 0 Å². The van der Waals surface area contributed by atoms with Crippen molar-refractivity contribution in [3.05, 3.63) is 17.5 Å². The second-order valence-corrected chi connectivity index (χ2v) is 4.39. The van der Waals surface area contributed by atoms with Crippen LogP contribution in [0.5, 0.6) is 0 Å². The number of nitrogens with zero attached hydrogens (tertiary/aromatic N) is 3. The van der Waals surface area contributed by atoms with Crippen LogP contribution in [0.15, 0.2) is 6.07 Å². The highest BCUT2D eigenvalue weighted by molar-refractivity contribution is 5.80. The van der Waals surface area contributed by atoms with Gasteiger partial charge in [-0.25, -0.2) is 0 Å². The van der Waals surface area contributed by atoms with Crippen LogP contribution in [0, 0.1) is 6.92 Å². The molecular formula is C13H23N3O. The van der Waals surface area contributed by atoms with Gasteiger partial charge in [0.2, 0.25) is 0 Å². The van der Waals surface area contributed by atoms with E-state index in [-0.39, 0.29) is 0 Å². The van der Waals surface area contributed by atoms with E-state index in [1.54, 1.807) is 4.68 Å². The lowest BCUT2D eigenvalue weighted by Gasteiger charge is -2.16. The minimum atomic E-state index is 0.292. The first-order valence-electron chi connectivity index (χ1n) is 6.30. The number of carbonyl (C=O) groups excluding carboxylic acids is 1. The molecule has 0 saturated heterocycles. The first-order chi connectivity index (χ1) is 8.06. The average Bonchev–Trinajstić information content (AvgIpc) is 2.59. The Morgan fingerprint density at radius 1 is 1.41 bits per heavy atom. The Labute approximate surface area is 104 Å². The van der Waals surface area contributed by atoms with E-state index in [1.165, 1.54) is 0 Å². The second-order valence-electron chi connectivity index (χ2n) is 4.39. The normalized spacial score (nSPS) is 11.1. The summed E-state index contributed by atoms with van der Waals surface area (Å²) >= 11 is 0. The van der Waals surface area contributed by atoms with Crippen LogP contribution in [-0.4, -0.2) is 40.1 Å². The monoisotopic (exact) mass is 237 g/mol. The summed E-state index contributed by atoms with van der Waals surface area (Å²) in [5, 5.41) is 4.25. The highest BCUT2D eigenvalue weighted by Crippen LogP contribution is 2.05. The number of hydrogen-bond donors (Lipinski definition) is 0. The van der Waals surface area contributed by atoms with Gasteiger partial charge in [0.25, 0.3) is 0 Å². The molecule has 0 N–H and O–H groups in total. The molecule has 4 nitrogen and oxygen atoms in total. The standard InChI is InChI=1S/C13H23N3O/c1-5-16(6-2)8-7-13(17)10-12-9-11(3)14-15(12)4/h9H,5-8,10H2,1-4H3. The molecule has 0 amide bonds. The highest BCUT2D eigenvalue weighted by atomic mass is 16.1. The van der Waals surface area contributed by atoms with E-state index in [4.69, 9.17) is 0 Å².